The predicted octanol–water partition coefficient (Wildman–Crippen LogP) is 4.63. The van der Waals surface area contributed by atoms with Crippen LogP contribution in [0.3, 0.4) is 0 Å². The second kappa shape index (κ2) is 12.9. The third-order valence-electron chi connectivity index (χ3n) is 8.34. The number of aromatic nitrogens is 4. The standard InChI is InChI=1S/C31H47N7O3/c1-19(2)37(16-25(41-7)27(39)30(40)38-18-35-26-28(32)33-17-34-29(26)38)24-13-21(14-24)12-11-20(3)36-23-10-8-9-22(15-23)31(4,5)6/h8-10,15,17-19,21,24-25,27,30,39-40H,11-14,16H2,1-7H3,(H2,32,33,34)/t21?,24?,25-,27-,30-/m1/s1. The molecule has 2 aromatic heterocycles. The van der Waals surface area contributed by atoms with E-state index in [0.717, 1.165) is 37.1 Å². The summed E-state index contributed by atoms with van der Waals surface area (Å²) in [6, 6.07) is 9.21. The van der Waals surface area contributed by atoms with Gasteiger partial charge in [0.1, 0.15) is 24.1 Å². The van der Waals surface area contributed by atoms with E-state index in [1.807, 2.05) is 0 Å². The molecule has 1 fully saturated rings. The average Bonchev–Trinajstić information content (AvgIpc) is 3.33. The van der Waals surface area contributed by atoms with Gasteiger partial charge >= 0.3 is 0 Å². The van der Waals surface area contributed by atoms with Crippen LogP contribution in [-0.2, 0) is 10.2 Å². The summed E-state index contributed by atoms with van der Waals surface area (Å²) in [4.78, 5) is 19.6. The maximum atomic E-state index is 11.1. The third-order valence-corrected chi connectivity index (χ3v) is 8.34. The average molecular weight is 566 g/mol. The number of anilines is 1. The Balaban J connectivity index is 1.32. The lowest BCUT2D eigenvalue weighted by Gasteiger charge is -2.46. The van der Waals surface area contributed by atoms with Crippen LogP contribution in [0.15, 0.2) is 41.9 Å². The molecule has 0 aliphatic heterocycles. The zero-order valence-corrected chi connectivity index (χ0v) is 25.5. The lowest BCUT2D eigenvalue weighted by molar-refractivity contribution is -0.119. The van der Waals surface area contributed by atoms with Gasteiger partial charge in [0.05, 0.1) is 12.0 Å². The maximum absolute atomic E-state index is 11.1. The summed E-state index contributed by atoms with van der Waals surface area (Å²) in [5.74, 6) is 0.867. The molecule has 1 saturated carbocycles. The smallest absolute Gasteiger partial charge is 0.167 e. The van der Waals surface area contributed by atoms with Crippen molar-refractivity contribution in [3.8, 4) is 0 Å². The zero-order chi connectivity index (χ0) is 29.9. The Morgan fingerprint density at radius 1 is 1.20 bits per heavy atom. The first-order valence-electron chi connectivity index (χ1n) is 14.6. The van der Waals surface area contributed by atoms with Gasteiger partial charge in [0, 0.05) is 31.4 Å². The van der Waals surface area contributed by atoms with Gasteiger partial charge in [-0.15, -0.1) is 0 Å². The number of nitrogens with two attached hydrogens (primary N) is 1. The zero-order valence-electron chi connectivity index (χ0n) is 25.5. The number of aliphatic hydroxyl groups is 2. The molecular weight excluding hydrogens is 518 g/mol. The minimum Gasteiger partial charge on any atom is -0.386 e. The quantitative estimate of drug-likeness (QED) is 0.271. The number of nitrogens with zero attached hydrogens (tertiary/aromatic N) is 6. The summed E-state index contributed by atoms with van der Waals surface area (Å²) in [6.07, 6.45) is 3.93. The summed E-state index contributed by atoms with van der Waals surface area (Å²) in [5, 5.41) is 22.1. The Kier molecular flexibility index (Phi) is 9.79. The highest BCUT2D eigenvalue weighted by Crippen LogP contribution is 2.37. The first-order valence-corrected chi connectivity index (χ1v) is 14.6. The van der Waals surface area contributed by atoms with Crippen LogP contribution in [0.5, 0.6) is 0 Å². The number of aliphatic hydroxyl groups excluding tert-OH is 2. The fraction of sp³-hybridized carbons (Fsp3) is 0.613. The van der Waals surface area contributed by atoms with Crippen LogP contribution in [0.4, 0.5) is 11.5 Å². The van der Waals surface area contributed by atoms with Gasteiger partial charge < -0.3 is 20.7 Å². The van der Waals surface area contributed by atoms with Gasteiger partial charge in [-0.3, -0.25) is 14.5 Å². The molecule has 1 aromatic carbocycles. The second-order valence-electron chi connectivity index (χ2n) is 12.7. The van der Waals surface area contributed by atoms with Crippen molar-refractivity contribution < 1.29 is 14.9 Å². The van der Waals surface area contributed by atoms with Crippen LogP contribution in [0.2, 0.25) is 0 Å². The minimum absolute atomic E-state index is 0.107. The number of imidazole rings is 1. The molecule has 3 aromatic rings. The first-order chi connectivity index (χ1) is 19.4. The summed E-state index contributed by atoms with van der Waals surface area (Å²) in [5.41, 5.74) is 10.2. The highest BCUT2D eigenvalue weighted by atomic mass is 16.5. The van der Waals surface area contributed by atoms with Crippen LogP contribution in [0, 0.1) is 5.92 Å². The molecule has 0 radical (unpaired) electrons. The van der Waals surface area contributed by atoms with E-state index in [4.69, 9.17) is 15.5 Å². The Labute approximate surface area is 243 Å². The number of rotatable bonds is 12. The van der Waals surface area contributed by atoms with Gasteiger partial charge in [0.2, 0.25) is 0 Å². The highest BCUT2D eigenvalue weighted by Gasteiger charge is 2.38. The van der Waals surface area contributed by atoms with Gasteiger partial charge in [0.15, 0.2) is 17.7 Å². The Morgan fingerprint density at radius 2 is 1.93 bits per heavy atom. The molecule has 0 saturated heterocycles. The number of hydrogen-bond donors (Lipinski definition) is 3. The monoisotopic (exact) mass is 565 g/mol. The van der Waals surface area contributed by atoms with Crippen molar-refractivity contribution in [2.75, 3.05) is 19.4 Å². The predicted molar refractivity (Wildman–Crippen MR) is 163 cm³/mol. The normalized spacial score (nSPS) is 20.4. The minimum atomic E-state index is -1.30. The van der Waals surface area contributed by atoms with Crippen LogP contribution >= 0.6 is 0 Å². The molecule has 10 nitrogen and oxygen atoms in total. The Bertz CT molecular complexity index is 1330. The van der Waals surface area contributed by atoms with Gasteiger partial charge in [0.25, 0.3) is 0 Å². The number of methoxy groups -OCH3 is 1. The van der Waals surface area contributed by atoms with Crippen molar-refractivity contribution in [1.29, 1.82) is 0 Å². The number of fused-ring (bicyclic) bond motifs is 1. The molecule has 4 rings (SSSR count). The molecule has 0 bridgehead atoms. The van der Waals surface area contributed by atoms with Crippen molar-refractivity contribution in [1.82, 2.24) is 24.4 Å². The number of benzene rings is 1. The molecule has 0 amide bonds. The fourth-order valence-electron chi connectivity index (χ4n) is 5.67. The lowest BCUT2D eigenvalue weighted by Crippen LogP contribution is -2.53. The Morgan fingerprint density at radius 3 is 2.59 bits per heavy atom. The Hall–Kier alpha value is -2.92. The van der Waals surface area contributed by atoms with E-state index in [0.29, 0.717) is 29.7 Å². The summed E-state index contributed by atoms with van der Waals surface area (Å²) in [6.45, 7) is 13.6. The molecule has 1 aliphatic carbocycles. The van der Waals surface area contributed by atoms with Crippen LogP contribution < -0.4 is 5.73 Å². The van der Waals surface area contributed by atoms with E-state index < -0.39 is 18.4 Å². The number of hydrogen-bond acceptors (Lipinski definition) is 9. The van der Waals surface area contributed by atoms with E-state index in [2.05, 4.69) is 85.7 Å². The van der Waals surface area contributed by atoms with E-state index in [1.165, 1.54) is 22.8 Å². The molecule has 2 heterocycles. The molecule has 4 N–H and O–H groups in total. The molecule has 3 atom stereocenters. The van der Waals surface area contributed by atoms with E-state index >= 15 is 0 Å². The van der Waals surface area contributed by atoms with Crippen molar-refractivity contribution in [2.45, 2.75) is 103 Å². The van der Waals surface area contributed by atoms with Gasteiger partial charge in [-0.25, -0.2) is 15.0 Å². The maximum Gasteiger partial charge on any atom is 0.167 e. The third kappa shape index (κ3) is 7.30. The molecule has 1 aliphatic rings. The summed E-state index contributed by atoms with van der Waals surface area (Å²) in [7, 11) is 1.56. The SMILES string of the molecule is CO[C@H](CN(C(C)C)C1CC(CCC(C)=Nc2cccc(C(C)(C)C)c2)C1)[C@@H](O)[C@@H](O)n1cnc2c(N)ncnc21. The number of aliphatic imine (C=N–C) groups is 1. The summed E-state index contributed by atoms with van der Waals surface area (Å²) >= 11 is 0. The van der Waals surface area contributed by atoms with E-state index in [-0.39, 0.29) is 17.3 Å². The van der Waals surface area contributed by atoms with Gasteiger partial charge in [-0.1, -0.05) is 32.9 Å². The van der Waals surface area contributed by atoms with Crippen LogP contribution in [-0.4, -0.2) is 78.3 Å². The molecule has 0 unspecified atom stereocenters. The van der Waals surface area contributed by atoms with Gasteiger partial charge in [-0.2, -0.15) is 0 Å². The largest absolute Gasteiger partial charge is 0.386 e. The van der Waals surface area contributed by atoms with Gasteiger partial charge in [-0.05, 0) is 75.5 Å². The highest BCUT2D eigenvalue weighted by molar-refractivity contribution is 5.84. The number of ether oxygens (including phenoxy) is 1. The molecule has 10 heteroatoms. The van der Waals surface area contributed by atoms with Crippen molar-refractivity contribution in [2.24, 2.45) is 10.9 Å². The topological polar surface area (TPSA) is 135 Å². The van der Waals surface area contributed by atoms with Crippen LogP contribution in [0.1, 0.15) is 79.0 Å². The molecule has 41 heavy (non-hydrogen) atoms. The van der Waals surface area contributed by atoms with E-state index in [9.17, 15) is 10.2 Å². The second-order valence-corrected chi connectivity index (χ2v) is 12.7. The van der Waals surface area contributed by atoms with Crippen molar-refractivity contribution in [3.63, 3.8) is 0 Å². The molecule has 224 valence electrons. The first kappa shape index (κ1) is 31.0. The van der Waals surface area contributed by atoms with Crippen molar-refractivity contribution in [3.05, 3.63) is 42.5 Å². The molecular formula is C31H47N7O3. The lowest BCUT2D eigenvalue weighted by atomic mass is 9.76. The summed E-state index contributed by atoms with van der Waals surface area (Å²) < 4.78 is 7.11. The van der Waals surface area contributed by atoms with Crippen molar-refractivity contribution >= 4 is 28.4 Å². The fourth-order valence-corrected chi connectivity index (χ4v) is 5.67. The van der Waals surface area contributed by atoms with Crippen LogP contribution in [0.25, 0.3) is 11.2 Å². The van der Waals surface area contributed by atoms with E-state index in [1.54, 1.807) is 7.11 Å². The molecule has 0 spiro atoms. The number of nitrogen functional groups attached to an aromatic ring is 1.